The van der Waals surface area contributed by atoms with E-state index < -0.39 is 0 Å². The highest BCUT2D eigenvalue weighted by molar-refractivity contribution is 9.10. The van der Waals surface area contributed by atoms with E-state index in [1.54, 1.807) is 0 Å². The fraction of sp³-hybridized carbons (Fsp3) is 0.643. The molecule has 0 unspecified atom stereocenters. The van der Waals surface area contributed by atoms with E-state index in [1.165, 1.54) is 31.4 Å². The molecule has 1 N–H and O–H groups in total. The summed E-state index contributed by atoms with van der Waals surface area (Å²) in [5.41, 5.74) is 1.30. The third kappa shape index (κ3) is 5.38. The van der Waals surface area contributed by atoms with Crippen molar-refractivity contribution < 1.29 is 0 Å². The number of rotatable bonds is 5. The lowest BCUT2D eigenvalue weighted by Gasteiger charge is -2.34. The summed E-state index contributed by atoms with van der Waals surface area (Å²) in [6, 6.07) is 2.90. The quantitative estimate of drug-likeness (QED) is 0.885. The summed E-state index contributed by atoms with van der Waals surface area (Å²) in [5.74, 6) is 0. The fourth-order valence-corrected chi connectivity index (χ4v) is 3.04. The summed E-state index contributed by atoms with van der Waals surface area (Å²) < 4.78 is 1.07. The SMILES string of the molecule is CCCN(Cc1cncc(Br)c1)C1CCNCC1.Cl. The summed E-state index contributed by atoms with van der Waals surface area (Å²) in [6.45, 7) is 6.76. The van der Waals surface area contributed by atoms with Crippen LogP contribution in [-0.2, 0) is 6.54 Å². The van der Waals surface area contributed by atoms with Crippen molar-refractivity contribution in [3.05, 3.63) is 28.5 Å². The van der Waals surface area contributed by atoms with E-state index in [4.69, 9.17) is 0 Å². The highest BCUT2D eigenvalue weighted by Crippen LogP contribution is 2.17. The van der Waals surface area contributed by atoms with E-state index in [0.717, 1.165) is 30.1 Å². The molecule has 2 heterocycles. The van der Waals surface area contributed by atoms with E-state index in [1.807, 2.05) is 12.4 Å². The number of piperidine rings is 1. The Bertz CT molecular complexity index is 369. The van der Waals surface area contributed by atoms with Crippen LogP contribution in [0.5, 0.6) is 0 Å². The van der Waals surface area contributed by atoms with Gasteiger partial charge in [-0.1, -0.05) is 6.92 Å². The first-order chi connectivity index (χ1) is 8.79. The molecule has 0 aromatic carbocycles. The van der Waals surface area contributed by atoms with Crippen LogP contribution in [0.15, 0.2) is 22.9 Å². The Kier molecular flexibility index (Phi) is 7.91. The van der Waals surface area contributed by atoms with Crippen LogP contribution in [0, 0.1) is 0 Å². The maximum atomic E-state index is 4.26. The number of hydrogen-bond acceptors (Lipinski definition) is 3. The van der Waals surface area contributed by atoms with Gasteiger partial charge in [-0.2, -0.15) is 0 Å². The van der Waals surface area contributed by atoms with Gasteiger partial charge in [0, 0.05) is 29.5 Å². The average molecular weight is 349 g/mol. The Labute approximate surface area is 130 Å². The zero-order chi connectivity index (χ0) is 12.8. The second kappa shape index (κ2) is 8.90. The first-order valence-corrected chi connectivity index (χ1v) is 7.63. The minimum Gasteiger partial charge on any atom is -0.317 e. The zero-order valence-corrected chi connectivity index (χ0v) is 13.8. The maximum Gasteiger partial charge on any atom is 0.0410 e. The van der Waals surface area contributed by atoms with E-state index in [0.29, 0.717) is 0 Å². The van der Waals surface area contributed by atoms with Gasteiger partial charge in [0.05, 0.1) is 0 Å². The standard InChI is InChI=1S/C14H22BrN3.ClH/c1-2-7-18(14-3-5-16-6-4-14)11-12-8-13(15)10-17-9-12;/h8-10,14,16H,2-7,11H2,1H3;1H. The first kappa shape index (κ1) is 16.9. The monoisotopic (exact) mass is 347 g/mol. The molecule has 0 bridgehead atoms. The lowest BCUT2D eigenvalue weighted by atomic mass is 10.0. The van der Waals surface area contributed by atoms with Crippen LogP contribution in [-0.4, -0.2) is 35.6 Å². The molecule has 0 radical (unpaired) electrons. The molecule has 1 aromatic rings. The second-order valence-electron chi connectivity index (χ2n) is 4.96. The van der Waals surface area contributed by atoms with Crippen molar-refractivity contribution in [1.29, 1.82) is 0 Å². The molecule has 0 amide bonds. The summed E-state index contributed by atoms with van der Waals surface area (Å²) in [5, 5.41) is 3.44. The normalized spacial score (nSPS) is 16.4. The van der Waals surface area contributed by atoms with Gasteiger partial charge in [-0.05, 0) is 66.5 Å². The number of nitrogens with one attached hydrogen (secondary N) is 1. The average Bonchev–Trinajstić information content (AvgIpc) is 2.39. The molecular weight excluding hydrogens is 326 g/mol. The minimum atomic E-state index is 0. The molecule has 0 aliphatic carbocycles. The lowest BCUT2D eigenvalue weighted by Crippen LogP contribution is -2.43. The topological polar surface area (TPSA) is 28.2 Å². The summed E-state index contributed by atoms with van der Waals surface area (Å²) in [6.07, 6.45) is 7.57. The number of hydrogen-bond donors (Lipinski definition) is 1. The van der Waals surface area contributed by atoms with Gasteiger partial charge in [0.15, 0.2) is 0 Å². The number of halogens is 2. The van der Waals surface area contributed by atoms with Crippen LogP contribution in [0.4, 0.5) is 0 Å². The maximum absolute atomic E-state index is 4.26. The first-order valence-electron chi connectivity index (χ1n) is 6.83. The second-order valence-corrected chi connectivity index (χ2v) is 5.88. The van der Waals surface area contributed by atoms with Crippen LogP contribution in [0.1, 0.15) is 31.7 Å². The molecule has 5 heteroatoms. The molecule has 1 aliphatic heterocycles. The van der Waals surface area contributed by atoms with Crippen LogP contribution in [0.3, 0.4) is 0 Å². The molecule has 1 fully saturated rings. The van der Waals surface area contributed by atoms with Crippen molar-refractivity contribution in [2.75, 3.05) is 19.6 Å². The molecule has 3 nitrogen and oxygen atoms in total. The van der Waals surface area contributed by atoms with Gasteiger partial charge < -0.3 is 5.32 Å². The molecule has 2 rings (SSSR count). The Morgan fingerprint density at radius 2 is 2.11 bits per heavy atom. The van der Waals surface area contributed by atoms with Crippen LogP contribution in [0.25, 0.3) is 0 Å². The molecular formula is C14H23BrClN3. The molecule has 0 atom stereocenters. The largest absolute Gasteiger partial charge is 0.317 e. The molecule has 1 saturated heterocycles. The Morgan fingerprint density at radius 1 is 1.37 bits per heavy atom. The number of pyridine rings is 1. The molecule has 108 valence electrons. The van der Waals surface area contributed by atoms with E-state index >= 15 is 0 Å². The van der Waals surface area contributed by atoms with E-state index in [2.05, 4.69) is 44.1 Å². The smallest absolute Gasteiger partial charge is 0.0410 e. The molecule has 1 aliphatic rings. The number of aromatic nitrogens is 1. The van der Waals surface area contributed by atoms with Crippen molar-refractivity contribution in [3.63, 3.8) is 0 Å². The zero-order valence-electron chi connectivity index (χ0n) is 11.4. The van der Waals surface area contributed by atoms with Crippen molar-refractivity contribution in [2.24, 2.45) is 0 Å². The summed E-state index contributed by atoms with van der Waals surface area (Å²) >= 11 is 3.50. The van der Waals surface area contributed by atoms with Gasteiger partial charge in [0.25, 0.3) is 0 Å². The summed E-state index contributed by atoms with van der Waals surface area (Å²) in [7, 11) is 0. The highest BCUT2D eigenvalue weighted by Gasteiger charge is 2.20. The fourth-order valence-electron chi connectivity index (χ4n) is 2.63. The predicted molar refractivity (Wildman–Crippen MR) is 85.8 cm³/mol. The highest BCUT2D eigenvalue weighted by atomic mass is 79.9. The summed E-state index contributed by atoms with van der Waals surface area (Å²) in [4.78, 5) is 6.87. The Morgan fingerprint density at radius 3 is 2.74 bits per heavy atom. The van der Waals surface area contributed by atoms with Crippen molar-refractivity contribution in [3.8, 4) is 0 Å². The van der Waals surface area contributed by atoms with Gasteiger partial charge in [0.2, 0.25) is 0 Å². The predicted octanol–water partition coefficient (Wildman–Crippen LogP) is 3.23. The lowest BCUT2D eigenvalue weighted by molar-refractivity contribution is 0.154. The Balaban J connectivity index is 0.00000180. The van der Waals surface area contributed by atoms with Crippen LogP contribution >= 0.6 is 28.3 Å². The van der Waals surface area contributed by atoms with Crippen LogP contribution in [0.2, 0.25) is 0 Å². The van der Waals surface area contributed by atoms with Crippen molar-refractivity contribution in [2.45, 2.75) is 38.8 Å². The third-order valence-electron chi connectivity index (χ3n) is 3.48. The molecule has 0 saturated carbocycles. The van der Waals surface area contributed by atoms with Crippen LogP contribution < -0.4 is 5.32 Å². The van der Waals surface area contributed by atoms with Crippen molar-refractivity contribution >= 4 is 28.3 Å². The molecule has 0 spiro atoms. The Hall–Kier alpha value is -0.160. The van der Waals surface area contributed by atoms with Gasteiger partial charge in [-0.3, -0.25) is 9.88 Å². The van der Waals surface area contributed by atoms with Gasteiger partial charge in [-0.25, -0.2) is 0 Å². The van der Waals surface area contributed by atoms with E-state index in [-0.39, 0.29) is 12.4 Å². The van der Waals surface area contributed by atoms with Gasteiger partial charge in [-0.15, -0.1) is 12.4 Å². The molecule has 19 heavy (non-hydrogen) atoms. The van der Waals surface area contributed by atoms with Gasteiger partial charge in [0.1, 0.15) is 0 Å². The van der Waals surface area contributed by atoms with E-state index in [9.17, 15) is 0 Å². The van der Waals surface area contributed by atoms with Gasteiger partial charge >= 0.3 is 0 Å². The van der Waals surface area contributed by atoms with Crippen molar-refractivity contribution in [1.82, 2.24) is 15.2 Å². The third-order valence-corrected chi connectivity index (χ3v) is 3.92. The molecule has 1 aromatic heterocycles. The number of nitrogens with zero attached hydrogens (tertiary/aromatic N) is 2. The minimum absolute atomic E-state index is 0.